The Hall–Kier alpha value is -1.16. The fourth-order valence-corrected chi connectivity index (χ4v) is 1.37. The summed E-state index contributed by atoms with van der Waals surface area (Å²) < 4.78 is 15.6. The van der Waals surface area contributed by atoms with E-state index in [0.717, 1.165) is 5.76 Å². The lowest BCUT2D eigenvalue weighted by molar-refractivity contribution is 0.353. The lowest BCUT2D eigenvalue weighted by Crippen LogP contribution is -2.15. The van der Waals surface area contributed by atoms with Crippen LogP contribution in [0.5, 0.6) is 11.5 Å². The zero-order valence-corrected chi connectivity index (χ0v) is 8.50. The zero-order chi connectivity index (χ0) is 9.97. The molecule has 0 spiro atoms. The van der Waals surface area contributed by atoms with E-state index in [-0.39, 0.29) is 0 Å². The minimum absolute atomic E-state index is 0.653. The van der Waals surface area contributed by atoms with Crippen LogP contribution < -0.4 is 14.8 Å². The Morgan fingerprint density at radius 1 is 1.43 bits per heavy atom. The van der Waals surface area contributed by atoms with Crippen molar-refractivity contribution in [3.8, 4) is 11.5 Å². The molecule has 14 heavy (non-hydrogen) atoms. The molecule has 0 amide bonds. The molecule has 1 saturated carbocycles. The van der Waals surface area contributed by atoms with Gasteiger partial charge in [-0.25, -0.2) is 0 Å². The highest BCUT2D eigenvalue weighted by Gasteiger charge is 2.22. The summed E-state index contributed by atoms with van der Waals surface area (Å²) in [6.07, 6.45) is 4.10. The summed E-state index contributed by atoms with van der Waals surface area (Å²) in [5, 5.41) is 3.36. The SMILES string of the molecule is COc1coc(CNC2CC2)c1OC. The Balaban J connectivity index is 2.02. The molecule has 1 aliphatic carbocycles. The summed E-state index contributed by atoms with van der Waals surface area (Å²) >= 11 is 0. The minimum atomic E-state index is 0.653. The zero-order valence-electron chi connectivity index (χ0n) is 8.50. The van der Waals surface area contributed by atoms with Gasteiger partial charge >= 0.3 is 0 Å². The highest BCUT2D eigenvalue weighted by Crippen LogP contribution is 2.33. The molecule has 1 aromatic rings. The van der Waals surface area contributed by atoms with Crippen LogP contribution in [0, 0.1) is 0 Å². The van der Waals surface area contributed by atoms with Gasteiger partial charge in [-0.05, 0) is 12.8 Å². The number of ether oxygens (including phenoxy) is 2. The molecule has 0 saturated heterocycles. The summed E-state index contributed by atoms with van der Waals surface area (Å²) in [6.45, 7) is 0.706. The van der Waals surface area contributed by atoms with Gasteiger partial charge in [-0.3, -0.25) is 0 Å². The Labute approximate surface area is 83.2 Å². The molecule has 1 aliphatic rings. The van der Waals surface area contributed by atoms with Crippen molar-refractivity contribution in [3.05, 3.63) is 12.0 Å². The van der Waals surface area contributed by atoms with Gasteiger partial charge in [0.2, 0.25) is 5.75 Å². The summed E-state index contributed by atoms with van der Waals surface area (Å²) in [6, 6.07) is 0.663. The highest BCUT2D eigenvalue weighted by molar-refractivity contribution is 5.41. The largest absolute Gasteiger partial charge is 0.490 e. The second kappa shape index (κ2) is 3.92. The first kappa shape index (κ1) is 9.40. The number of nitrogens with one attached hydrogen (secondary N) is 1. The van der Waals surface area contributed by atoms with E-state index in [2.05, 4.69) is 5.32 Å². The molecule has 4 heteroatoms. The normalized spacial score (nSPS) is 15.6. The Morgan fingerprint density at radius 2 is 2.21 bits per heavy atom. The van der Waals surface area contributed by atoms with Gasteiger partial charge in [0.25, 0.3) is 0 Å². The van der Waals surface area contributed by atoms with Gasteiger partial charge in [-0.15, -0.1) is 0 Å². The fraction of sp³-hybridized carbons (Fsp3) is 0.600. The summed E-state index contributed by atoms with van der Waals surface area (Å²) in [7, 11) is 3.22. The molecule has 4 nitrogen and oxygen atoms in total. The van der Waals surface area contributed by atoms with Crippen molar-refractivity contribution >= 4 is 0 Å². The average molecular weight is 197 g/mol. The maximum Gasteiger partial charge on any atom is 0.204 e. The maximum absolute atomic E-state index is 5.34. The first-order chi connectivity index (χ1) is 6.85. The van der Waals surface area contributed by atoms with Crippen molar-refractivity contribution in [1.82, 2.24) is 5.32 Å². The van der Waals surface area contributed by atoms with Gasteiger partial charge in [0.05, 0.1) is 20.8 Å². The van der Waals surface area contributed by atoms with Crippen molar-refractivity contribution in [3.63, 3.8) is 0 Å². The van der Waals surface area contributed by atoms with E-state index >= 15 is 0 Å². The topological polar surface area (TPSA) is 43.6 Å². The van der Waals surface area contributed by atoms with Crippen LogP contribution in [0.4, 0.5) is 0 Å². The molecule has 2 rings (SSSR count). The smallest absolute Gasteiger partial charge is 0.204 e. The van der Waals surface area contributed by atoms with Crippen LogP contribution in [0.15, 0.2) is 10.7 Å². The standard InChI is InChI=1S/C10H15NO3/c1-12-9-6-14-8(10(9)13-2)5-11-7-3-4-7/h6-7,11H,3-5H2,1-2H3. The maximum atomic E-state index is 5.34. The van der Waals surface area contributed by atoms with E-state index in [1.54, 1.807) is 20.5 Å². The fourth-order valence-electron chi connectivity index (χ4n) is 1.37. The van der Waals surface area contributed by atoms with Crippen LogP contribution in [0.2, 0.25) is 0 Å². The van der Waals surface area contributed by atoms with Crippen molar-refractivity contribution in [2.45, 2.75) is 25.4 Å². The van der Waals surface area contributed by atoms with Crippen LogP contribution in [0.25, 0.3) is 0 Å². The summed E-state index contributed by atoms with van der Waals surface area (Å²) in [5.74, 6) is 2.15. The Bertz CT molecular complexity index is 304. The summed E-state index contributed by atoms with van der Waals surface area (Å²) in [5.41, 5.74) is 0. The van der Waals surface area contributed by atoms with Gasteiger partial charge < -0.3 is 19.2 Å². The van der Waals surface area contributed by atoms with Crippen molar-refractivity contribution in [2.75, 3.05) is 14.2 Å². The van der Waals surface area contributed by atoms with Crippen LogP contribution in [0.3, 0.4) is 0 Å². The van der Waals surface area contributed by atoms with E-state index < -0.39 is 0 Å². The predicted octanol–water partition coefficient (Wildman–Crippen LogP) is 1.55. The van der Waals surface area contributed by atoms with E-state index in [9.17, 15) is 0 Å². The molecule has 1 N–H and O–H groups in total. The van der Waals surface area contributed by atoms with Crippen LogP contribution in [0.1, 0.15) is 18.6 Å². The lowest BCUT2D eigenvalue weighted by atomic mass is 10.4. The van der Waals surface area contributed by atoms with Gasteiger partial charge in [-0.2, -0.15) is 0 Å². The number of rotatable bonds is 5. The number of methoxy groups -OCH3 is 2. The minimum Gasteiger partial charge on any atom is -0.490 e. The van der Waals surface area contributed by atoms with E-state index in [1.165, 1.54) is 12.8 Å². The number of hydrogen-bond acceptors (Lipinski definition) is 4. The van der Waals surface area contributed by atoms with Crippen LogP contribution in [-0.2, 0) is 6.54 Å². The molecule has 0 aliphatic heterocycles. The van der Waals surface area contributed by atoms with E-state index in [0.29, 0.717) is 24.1 Å². The second-order valence-corrected chi connectivity index (χ2v) is 3.42. The molecular weight excluding hydrogens is 182 g/mol. The van der Waals surface area contributed by atoms with E-state index in [4.69, 9.17) is 13.9 Å². The van der Waals surface area contributed by atoms with Gasteiger partial charge in [0.1, 0.15) is 6.26 Å². The third-order valence-electron chi connectivity index (χ3n) is 2.34. The molecule has 78 valence electrons. The van der Waals surface area contributed by atoms with Crippen molar-refractivity contribution < 1.29 is 13.9 Å². The molecule has 0 aromatic carbocycles. The van der Waals surface area contributed by atoms with E-state index in [1.807, 2.05) is 0 Å². The molecule has 1 fully saturated rings. The molecular formula is C10H15NO3. The third-order valence-corrected chi connectivity index (χ3v) is 2.34. The summed E-state index contributed by atoms with van der Waals surface area (Å²) in [4.78, 5) is 0. The van der Waals surface area contributed by atoms with Crippen LogP contribution >= 0.6 is 0 Å². The quantitative estimate of drug-likeness (QED) is 0.777. The van der Waals surface area contributed by atoms with Gasteiger partial charge in [0, 0.05) is 6.04 Å². The second-order valence-electron chi connectivity index (χ2n) is 3.42. The monoisotopic (exact) mass is 197 g/mol. The molecule has 0 bridgehead atoms. The first-order valence-corrected chi connectivity index (χ1v) is 4.77. The number of furan rings is 1. The first-order valence-electron chi connectivity index (χ1n) is 4.77. The Morgan fingerprint density at radius 3 is 2.79 bits per heavy atom. The molecule has 1 aromatic heterocycles. The van der Waals surface area contributed by atoms with Gasteiger partial charge in [-0.1, -0.05) is 0 Å². The van der Waals surface area contributed by atoms with Crippen molar-refractivity contribution in [1.29, 1.82) is 0 Å². The molecule has 0 unspecified atom stereocenters. The highest BCUT2D eigenvalue weighted by atomic mass is 16.5. The lowest BCUT2D eigenvalue weighted by Gasteiger charge is -2.03. The van der Waals surface area contributed by atoms with Crippen LogP contribution in [-0.4, -0.2) is 20.3 Å². The average Bonchev–Trinajstić information content (AvgIpc) is 2.95. The molecule has 1 heterocycles. The van der Waals surface area contributed by atoms with Gasteiger partial charge in [0.15, 0.2) is 11.5 Å². The predicted molar refractivity (Wildman–Crippen MR) is 51.7 cm³/mol. The molecule has 0 radical (unpaired) electrons. The molecule has 0 atom stereocenters. The number of hydrogen-bond donors (Lipinski definition) is 1. The van der Waals surface area contributed by atoms with Crippen molar-refractivity contribution in [2.24, 2.45) is 0 Å². The third kappa shape index (κ3) is 1.85. The Kier molecular flexibility index (Phi) is 2.63.